The summed E-state index contributed by atoms with van der Waals surface area (Å²) in [5.41, 5.74) is 0. The highest BCUT2D eigenvalue weighted by Crippen LogP contribution is 2.04. The lowest BCUT2D eigenvalue weighted by Crippen LogP contribution is -2.40. The predicted molar refractivity (Wildman–Crippen MR) is 54.1 cm³/mol. The summed E-state index contributed by atoms with van der Waals surface area (Å²) < 4.78 is 1.06. The smallest absolute Gasteiger partial charge is 0.389 e. The largest absolute Gasteiger partial charge is 0.480 e. The van der Waals surface area contributed by atoms with Gasteiger partial charge in [0.2, 0.25) is 5.91 Å². The number of carboxylic acid groups (broad SMARTS) is 1. The first-order chi connectivity index (χ1) is 7.90. The number of amides is 1. The maximum Gasteiger partial charge on any atom is 0.389 e. The molecule has 0 aliphatic rings. The lowest BCUT2D eigenvalue weighted by Gasteiger charge is -2.07. The van der Waals surface area contributed by atoms with Gasteiger partial charge in [-0.2, -0.15) is 4.68 Å². The van der Waals surface area contributed by atoms with Crippen LogP contribution in [0.4, 0.5) is 5.82 Å². The normalized spacial score (nSPS) is 11.8. The molecule has 1 heterocycles. The average molecular weight is 242 g/mol. The van der Waals surface area contributed by atoms with Crippen LogP contribution in [-0.4, -0.2) is 37.7 Å². The molecule has 9 heteroatoms. The van der Waals surface area contributed by atoms with E-state index in [1.165, 1.54) is 13.1 Å². The van der Waals surface area contributed by atoms with E-state index in [1.54, 1.807) is 0 Å². The van der Waals surface area contributed by atoms with Crippen molar-refractivity contribution < 1.29 is 19.6 Å². The highest BCUT2D eigenvalue weighted by Gasteiger charge is 2.17. The van der Waals surface area contributed by atoms with E-state index in [4.69, 9.17) is 5.11 Å². The van der Waals surface area contributed by atoms with Crippen LogP contribution < -0.4 is 5.32 Å². The zero-order valence-electron chi connectivity index (χ0n) is 8.86. The van der Waals surface area contributed by atoms with Crippen molar-refractivity contribution in [3.8, 4) is 0 Å². The van der Waals surface area contributed by atoms with Crippen LogP contribution in [0.25, 0.3) is 0 Å². The zero-order chi connectivity index (χ0) is 13.0. The molecule has 1 rings (SSSR count). The van der Waals surface area contributed by atoms with Crippen molar-refractivity contribution in [3.05, 3.63) is 22.4 Å². The van der Waals surface area contributed by atoms with Crippen LogP contribution >= 0.6 is 0 Å². The Balaban J connectivity index is 2.56. The minimum absolute atomic E-state index is 0.272. The number of nitrogens with zero attached hydrogens (tertiary/aromatic N) is 3. The molecule has 1 aromatic rings. The molecule has 0 spiro atoms. The molecule has 0 aliphatic heterocycles. The van der Waals surface area contributed by atoms with E-state index >= 15 is 0 Å². The minimum atomic E-state index is -1.16. The summed E-state index contributed by atoms with van der Waals surface area (Å²) in [7, 11) is 0. The fourth-order valence-electron chi connectivity index (χ4n) is 1.03. The fraction of sp³-hybridized carbons (Fsp3) is 0.375. The summed E-state index contributed by atoms with van der Waals surface area (Å²) in [5.74, 6) is -2.12. The lowest BCUT2D eigenvalue weighted by molar-refractivity contribution is -0.389. The molecule has 0 aromatic carbocycles. The van der Waals surface area contributed by atoms with E-state index in [1.807, 2.05) is 0 Å². The van der Waals surface area contributed by atoms with Gasteiger partial charge in [0, 0.05) is 0 Å². The van der Waals surface area contributed by atoms with Crippen molar-refractivity contribution in [2.24, 2.45) is 0 Å². The third-order valence-electron chi connectivity index (χ3n) is 1.87. The third kappa shape index (κ3) is 3.55. The molecule has 17 heavy (non-hydrogen) atoms. The SMILES string of the molecule is C[C@@H](NC(=O)Cn1ccc([N+](=O)[O-])n1)C(=O)O. The molecule has 0 saturated heterocycles. The lowest BCUT2D eigenvalue weighted by atomic mass is 10.3. The summed E-state index contributed by atoms with van der Waals surface area (Å²) in [5, 5.41) is 24.6. The van der Waals surface area contributed by atoms with Crippen LogP contribution in [0.15, 0.2) is 12.3 Å². The number of hydrogen-bond donors (Lipinski definition) is 2. The van der Waals surface area contributed by atoms with E-state index in [0.29, 0.717) is 0 Å². The van der Waals surface area contributed by atoms with E-state index in [9.17, 15) is 19.7 Å². The van der Waals surface area contributed by atoms with Gasteiger partial charge in [-0.05, 0) is 11.8 Å². The number of aromatic nitrogens is 2. The molecule has 0 fully saturated rings. The number of nitro groups is 1. The second-order valence-electron chi connectivity index (χ2n) is 3.26. The van der Waals surface area contributed by atoms with E-state index in [0.717, 1.165) is 10.7 Å². The number of nitrogens with one attached hydrogen (secondary N) is 1. The number of hydrogen-bond acceptors (Lipinski definition) is 5. The quantitative estimate of drug-likeness (QED) is 0.523. The third-order valence-corrected chi connectivity index (χ3v) is 1.87. The summed E-state index contributed by atoms with van der Waals surface area (Å²) in [6.07, 6.45) is 1.27. The Labute approximate surface area is 95.2 Å². The summed E-state index contributed by atoms with van der Waals surface area (Å²) in [6.45, 7) is 1.04. The Morgan fingerprint density at radius 3 is 2.82 bits per heavy atom. The second-order valence-corrected chi connectivity index (χ2v) is 3.26. The highest BCUT2D eigenvalue weighted by molar-refractivity contribution is 5.82. The molecular formula is C8H10N4O5. The van der Waals surface area contributed by atoms with E-state index < -0.39 is 22.8 Å². The molecule has 0 bridgehead atoms. The fourth-order valence-corrected chi connectivity index (χ4v) is 1.03. The van der Waals surface area contributed by atoms with Gasteiger partial charge in [0.05, 0.1) is 17.4 Å². The van der Waals surface area contributed by atoms with Gasteiger partial charge in [-0.25, -0.2) is 0 Å². The first-order valence-electron chi connectivity index (χ1n) is 4.60. The standard InChI is InChI=1S/C8H10N4O5/c1-5(8(14)15)9-7(13)4-11-3-2-6(10-11)12(16)17/h2-3,5H,4H2,1H3,(H,9,13)(H,14,15)/t5-/m1/s1. The van der Waals surface area contributed by atoms with Crippen LogP contribution in [0.5, 0.6) is 0 Å². The molecule has 0 radical (unpaired) electrons. The first kappa shape index (κ1) is 12.6. The van der Waals surface area contributed by atoms with Crippen molar-refractivity contribution in [2.45, 2.75) is 19.5 Å². The molecule has 1 aromatic heterocycles. The van der Waals surface area contributed by atoms with Gasteiger partial charge in [-0.15, -0.1) is 0 Å². The van der Waals surface area contributed by atoms with Crippen LogP contribution in [0.2, 0.25) is 0 Å². The molecule has 92 valence electrons. The van der Waals surface area contributed by atoms with Gasteiger partial charge in [-0.1, -0.05) is 0 Å². The predicted octanol–water partition coefficient (Wildman–Crippen LogP) is -0.619. The Kier molecular flexibility index (Phi) is 3.75. The number of carbonyl (C=O) groups excluding carboxylic acids is 1. The number of carboxylic acids is 1. The molecule has 2 N–H and O–H groups in total. The maximum atomic E-state index is 11.3. The van der Waals surface area contributed by atoms with Crippen molar-refractivity contribution >= 4 is 17.7 Å². The maximum absolute atomic E-state index is 11.3. The zero-order valence-corrected chi connectivity index (χ0v) is 8.86. The monoisotopic (exact) mass is 242 g/mol. The Hall–Kier alpha value is -2.45. The van der Waals surface area contributed by atoms with E-state index in [2.05, 4.69) is 10.4 Å². The molecule has 1 atom stereocenters. The molecule has 9 nitrogen and oxygen atoms in total. The molecular weight excluding hydrogens is 232 g/mol. The molecule has 0 saturated carbocycles. The number of carbonyl (C=O) groups is 2. The molecule has 1 amide bonds. The van der Waals surface area contributed by atoms with Gasteiger partial charge in [0.25, 0.3) is 0 Å². The summed E-state index contributed by atoms with van der Waals surface area (Å²) in [6, 6.07) is 0.126. The van der Waals surface area contributed by atoms with Crippen LogP contribution in [0.3, 0.4) is 0 Å². The summed E-state index contributed by atoms with van der Waals surface area (Å²) >= 11 is 0. The van der Waals surface area contributed by atoms with Gasteiger partial charge in [0.1, 0.15) is 12.6 Å². The van der Waals surface area contributed by atoms with Crippen LogP contribution in [-0.2, 0) is 16.1 Å². The first-order valence-corrected chi connectivity index (χ1v) is 4.60. The van der Waals surface area contributed by atoms with Crippen molar-refractivity contribution in [1.82, 2.24) is 15.1 Å². The topological polar surface area (TPSA) is 127 Å². The van der Waals surface area contributed by atoms with Gasteiger partial charge >= 0.3 is 11.8 Å². The van der Waals surface area contributed by atoms with Crippen LogP contribution in [0.1, 0.15) is 6.92 Å². The van der Waals surface area contributed by atoms with Crippen molar-refractivity contribution in [2.75, 3.05) is 0 Å². The minimum Gasteiger partial charge on any atom is -0.480 e. The van der Waals surface area contributed by atoms with Gasteiger partial charge in [-0.3, -0.25) is 9.59 Å². The Morgan fingerprint density at radius 1 is 1.71 bits per heavy atom. The molecule has 0 aliphatic carbocycles. The van der Waals surface area contributed by atoms with Gasteiger partial charge in [0.15, 0.2) is 0 Å². The average Bonchev–Trinajstić information content (AvgIpc) is 2.65. The number of rotatable bonds is 5. The van der Waals surface area contributed by atoms with Crippen molar-refractivity contribution in [1.29, 1.82) is 0 Å². The second kappa shape index (κ2) is 5.05. The van der Waals surface area contributed by atoms with Crippen LogP contribution in [0, 0.1) is 10.1 Å². The number of aliphatic carboxylic acids is 1. The Bertz CT molecular complexity index is 455. The molecule has 0 unspecified atom stereocenters. The Morgan fingerprint density at radius 2 is 2.35 bits per heavy atom. The highest BCUT2D eigenvalue weighted by atomic mass is 16.6. The van der Waals surface area contributed by atoms with Crippen molar-refractivity contribution in [3.63, 3.8) is 0 Å². The van der Waals surface area contributed by atoms with Gasteiger partial charge < -0.3 is 20.5 Å². The van der Waals surface area contributed by atoms with E-state index in [-0.39, 0.29) is 12.4 Å². The summed E-state index contributed by atoms with van der Waals surface area (Å²) in [4.78, 5) is 31.4.